The van der Waals surface area contributed by atoms with E-state index in [1.165, 1.54) is 32.0 Å². The highest BCUT2D eigenvalue weighted by molar-refractivity contribution is 6.08. The molecule has 8 nitrogen and oxygen atoms in total. The number of anilines is 1. The summed E-state index contributed by atoms with van der Waals surface area (Å²) in [5.74, 6) is 3.98. The zero-order valence-corrected chi connectivity index (χ0v) is 16.9. The summed E-state index contributed by atoms with van der Waals surface area (Å²) in [5, 5.41) is 16.5. The lowest BCUT2D eigenvalue weighted by Crippen LogP contribution is -2.48. The van der Waals surface area contributed by atoms with E-state index in [0.29, 0.717) is 17.0 Å². The maximum Gasteiger partial charge on any atom is 0.256 e. The Bertz CT molecular complexity index is 1180. The van der Waals surface area contributed by atoms with Gasteiger partial charge in [0.1, 0.15) is 23.8 Å². The monoisotopic (exact) mass is 414 g/mol. The highest BCUT2D eigenvalue weighted by atomic mass is 16.3. The van der Waals surface area contributed by atoms with Crippen LogP contribution in [0.1, 0.15) is 47.4 Å². The molecule has 156 valence electrons. The minimum atomic E-state index is -0.368. The van der Waals surface area contributed by atoms with Crippen molar-refractivity contribution in [2.45, 2.75) is 38.3 Å². The van der Waals surface area contributed by atoms with E-state index in [9.17, 15) is 10.1 Å². The molecule has 3 aromatic heterocycles. The van der Waals surface area contributed by atoms with E-state index >= 15 is 0 Å². The third-order valence-corrected chi connectivity index (χ3v) is 7.41. The number of nitrogens with zero attached hydrogens (tertiary/aromatic N) is 4. The number of aromatic nitrogens is 3. The largest absolute Gasteiger partial charge is 0.443 e. The minimum Gasteiger partial charge on any atom is -0.443 e. The molecule has 0 radical (unpaired) electrons. The summed E-state index contributed by atoms with van der Waals surface area (Å²) < 4.78 is 5.60. The van der Waals surface area contributed by atoms with E-state index in [1.807, 2.05) is 12.1 Å². The van der Waals surface area contributed by atoms with Crippen molar-refractivity contribution in [3.05, 3.63) is 47.9 Å². The summed E-state index contributed by atoms with van der Waals surface area (Å²) in [4.78, 5) is 25.3. The summed E-state index contributed by atoms with van der Waals surface area (Å²) in [6.45, 7) is 0.264. The van der Waals surface area contributed by atoms with Gasteiger partial charge in [-0.2, -0.15) is 5.26 Å². The topological polar surface area (TPSA) is 117 Å². The minimum absolute atomic E-state index is 0.00753. The van der Waals surface area contributed by atoms with Gasteiger partial charge in [0.25, 0.3) is 5.91 Å². The van der Waals surface area contributed by atoms with Crippen molar-refractivity contribution in [1.29, 1.82) is 5.26 Å². The lowest BCUT2D eigenvalue weighted by molar-refractivity contribution is -0.0699. The van der Waals surface area contributed by atoms with Gasteiger partial charge in [-0.05, 0) is 55.4 Å². The van der Waals surface area contributed by atoms with Gasteiger partial charge in [0, 0.05) is 35.9 Å². The van der Waals surface area contributed by atoms with Gasteiger partial charge in [0.05, 0.1) is 6.20 Å². The first-order valence-electron chi connectivity index (χ1n) is 10.8. The third kappa shape index (κ3) is 3.03. The number of nitriles is 1. The van der Waals surface area contributed by atoms with Crippen molar-refractivity contribution >= 4 is 22.7 Å². The number of amides is 1. The lowest BCUT2D eigenvalue weighted by atomic mass is 9.49. The maximum atomic E-state index is 12.9. The number of pyridine rings is 1. The number of hydrogen-bond acceptors (Lipinski definition) is 7. The van der Waals surface area contributed by atoms with E-state index in [0.717, 1.165) is 35.1 Å². The number of furan rings is 1. The van der Waals surface area contributed by atoms with Crippen LogP contribution in [0.2, 0.25) is 0 Å². The fraction of sp³-hybridized carbons (Fsp3) is 0.435. The quantitative estimate of drug-likeness (QED) is 0.658. The predicted octanol–water partition coefficient (Wildman–Crippen LogP) is 3.27. The number of hydrogen-bond donors (Lipinski definition) is 2. The molecule has 4 bridgehead atoms. The molecule has 4 unspecified atom stereocenters. The highest BCUT2D eigenvalue weighted by Crippen LogP contribution is 2.63. The number of rotatable bonds is 5. The molecule has 8 rings (SSSR count). The molecule has 5 aliphatic carbocycles. The summed E-state index contributed by atoms with van der Waals surface area (Å²) in [7, 11) is 0. The normalized spacial score (nSPS) is 28.0. The maximum absolute atomic E-state index is 12.9. The van der Waals surface area contributed by atoms with Gasteiger partial charge < -0.3 is 15.1 Å². The number of fused-ring (bicyclic) bond motifs is 1. The van der Waals surface area contributed by atoms with Gasteiger partial charge in [0.2, 0.25) is 5.76 Å². The van der Waals surface area contributed by atoms with E-state index in [4.69, 9.17) is 4.42 Å². The van der Waals surface area contributed by atoms with Crippen molar-refractivity contribution in [2.75, 3.05) is 5.32 Å². The average Bonchev–Trinajstić information content (AvgIpc) is 2.86. The molecule has 8 heteroatoms. The molecule has 4 atom stereocenters. The molecule has 0 aromatic carbocycles. The Morgan fingerprint density at radius 3 is 2.55 bits per heavy atom. The van der Waals surface area contributed by atoms with Gasteiger partial charge in [-0.3, -0.25) is 4.79 Å². The second-order valence-electron chi connectivity index (χ2n) is 9.05. The van der Waals surface area contributed by atoms with E-state index in [2.05, 4.69) is 25.6 Å². The van der Waals surface area contributed by atoms with Crippen molar-refractivity contribution in [3.8, 4) is 6.07 Å². The number of carbonyl (C=O) groups is 1. The fourth-order valence-electron chi connectivity index (χ4n) is 5.86. The van der Waals surface area contributed by atoms with Crippen LogP contribution in [0.4, 0.5) is 5.82 Å². The average molecular weight is 414 g/mol. The van der Waals surface area contributed by atoms with Crippen LogP contribution in [0.15, 0.2) is 35.4 Å². The number of carbonyl (C=O) groups excluding carboxylic acids is 1. The van der Waals surface area contributed by atoms with E-state index < -0.39 is 0 Å². The Morgan fingerprint density at radius 2 is 1.87 bits per heavy atom. The molecule has 0 spiro atoms. The first kappa shape index (κ1) is 18.3. The molecule has 0 aliphatic heterocycles. The summed E-state index contributed by atoms with van der Waals surface area (Å²) in [6, 6.07) is 4.24. The molecule has 5 fully saturated rings. The first-order chi connectivity index (χ1) is 15.2. The van der Waals surface area contributed by atoms with Crippen LogP contribution in [0, 0.1) is 35.0 Å². The summed E-state index contributed by atoms with van der Waals surface area (Å²) in [5.41, 5.74) is 1.45. The molecule has 3 aromatic rings. The Labute approximate surface area is 179 Å². The molecule has 1 amide bonds. The molecular weight excluding hydrogens is 392 g/mol. The van der Waals surface area contributed by atoms with Crippen LogP contribution in [0.25, 0.3) is 11.0 Å². The van der Waals surface area contributed by atoms with Crippen molar-refractivity contribution in [2.24, 2.45) is 23.7 Å². The third-order valence-electron chi connectivity index (χ3n) is 7.41. The van der Waals surface area contributed by atoms with Crippen LogP contribution in [-0.2, 0) is 6.54 Å². The smallest absolute Gasteiger partial charge is 0.256 e. The van der Waals surface area contributed by atoms with Crippen LogP contribution in [-0.4, -0.2) is 26.9 Å². The Kier molecular flexibility index (Phi) is 4.16. The molecule has 3 heterocycles. The molecule has 0 saturated heterocycles. The van der Waals surface area contributed by atoms with Crippen LogP contribution in [0.5, 0.6) is 0 Å². The van der Waals surface area contributed by atoms with Gasteiger partial charge in [-0.15, -0.1) is 0 Å². The molecule has 2 N–H and O–H groups in total. The second kappa shape index (κ2) is 7.05. The van der Waals surface area contributed by atoms with Crippen LogP contribution < -0.4 is 10.6 Å². The van der Waals surface area contributed by atoms with Gasteiger partial charge in [-0.25, -0.2) is 15.0 Å². The van der Waals surface area contributed by atoms with Crippen molar-refractivity contribution in [3.63, 3.8) is 0 Å². The molecule has 31 heavy (non-hydrogen) atoms. The van der Waals surface area contributed by atoms with E-state index in [1.54, 1.807) is 18.6 Å². The summed E-state index contributed by atoms with van der Waals surface area (Å²) in [6.07, 6.45) is 11.5. The fourth-order valence-corrected chi connectivity index (χ4v) is 5.86. The van der Waals surface area contributed by atoms with Crippen LogP contribution >= 0.6 is 0 Å². The highest BCUT2D eigenvalue weighted by Gasteiger charge is 2.56. The Balaban J connectivity index is 1.25. The summed E-state index contributed by atoms with van der Waals surface area (Å²) >= 11 is 0. The Morgan fingerprint density at radius 1 is 1.13 bits per heavy atom. The van der Waals surface area contributed by atoms with Gasteiger partial charge in [-0.1, -0.05) is 0 Å². The van der Waals surface area contributed by atoms with Gasteiger partial charge >= 0.3 is 0 Å². The lowest BCUT2D eigenvalue weighted by Gasteiger charge is -2.56. The zero-order chi connectivity index (χ0) is 20.9. The molecule has 5 saturated carbocycles. The van der Waals surface area contributed by atoms with Crippen LogP contribution in [0.3, 0.4) is 0 Å². The molecular formula is C23H22N6O2. The zero-order valence-electron chi connectivity index (χ0n) is 16.9. The van der Waals surface area contributed by atoms with E-state index in [-0.39, 0.29) is 23.8 Å². The second-order valence-corrected chi connectivity index (χ2v) is 9.05. The first-order valence-corrected chi connectivity index (χ1v) is 10.8. The van der Waals surface area contributed by atoms with Crippen molar-refractivity contribution < 1.29 is 9.21 Å². The number of nitrogens with one attached hydrogen (secondary N) is 2. The Hall–Kier alpha value is -3.47. The molecule has 5 aliphatic rings. The standard InChI is InChI=1S/C23H22N6O2/c24-6-19-22(23(30)28-9-12-7-25-11-26-8-12)18-5-21(27-10-20(18)31-19)29-15-1-13-3-17-14(2-15)4-16(13)17/h5,7-8,10-11,13-17H,1-4,9H2,(H,27,29)(H,28,30). The van der Waals surface area contributed by atoms with Gasteiger partial charge in [0.15, 0.2) is 5.58 Å². The predicted molar refractivity (Wildman–Crippen MR) is 112 cm³/mol. The van der Waals surface area contributed by atoms with Crippen molar-refractivity contribution in [1.82, 2.24) is 20.3 Å². The SMILES string of the molecule is N#Cc1oc2cnc(NC3CC4CC5C(C3)CC45)cc2c1C(=O)NCc1cncnc1.